The molecule has 1 aliphatic rings. The lowest BCUT2D eigenvalue weighted by atomic mass is 10.1. The molecule has 0 radical (unpaired) electrons. The second-order valence-electron chi connectivity index (χ2n) is 6.34. The first kappa shape index (κ1) is 24.7. The number of thioether (sulfide) groups is 1. The highest BCUT2D eigenvalue weighted by Gasteiger charge is 2.22. The topological polar surface area (TPSA) is 39.7 Å². The van der Waals surface area contributed by atoms with Crippen LogP contribution in [0.2, 0.25) is 5.02 Å². The number of hydrogen-bond acceptors (Lipinski definition) is 3. The van der Waals surface area contributed by atoms with E-state index in [1.165, 1.54) is 5.56 Å². The van der Waals surface area contributed by atoms with Gasteiger partial charge in [-0.15, -0.1) is 24.0 Å². The summed E-state index contributed by atoms with van der Waals surface area (Å²) in [4.78, 5) is 6.11. The summed E-state index contributed by atoms with van der Waals surface area (Å²) < 4.78 is 24.9. The molecule has 2 rings (SSSR count). The molecule has 4 nitrogen and oxygen atoms in total. The molecular formula is C18H28ClF2IN4S. The Morgan fingerprint density at radius 1 is 1.37 bits per heavy atom. The molecule has 0 aliphatic carbocycles. The van der Waals surface area contributed by atoms with Crippen LogP contribution in [-0.4, -0.2) is 62.8 Å². The molecule has 0 aromatic heterocycles. The lowest BCUT2D eigenvalue weighted by molar-refractivity contribution is 0.0744. The van der Waals surface area contributed by atoms with Gasteiger partial charge in [-0.25, -0.2) is 8.78 Å². The first-order valence-corrected chi connectivity index (χ1v) is 10.4. The van der Waals surface area contributed by atoms with Crippen molar-refractivity contribution in [2.75, 3.05) is 39.5 Å². The van der Waals surface area contributed by atoms with E-state index < -0.39 is 6.43 Å². The molecule has 1 heterocycles. The van der Waals surface area contributed by atoms with Crippen molar-refractivity contribution in [1.82, 2.24) is 15.5 Å². The van der Waals surface area contributed by atoms with Crippen molar-refractivity contribution in [3.05, 3.63) is 34.9 Å². The summed E-state index contributed by atoms with van der Waals surface area (Å²) in [6.45, 7) is 1.98. The summed E-state index contributed by atoms with van der Waals surface area (Å²) in [5.74, 6) is 0.749. The number of halogens is 4. The van der Waals surface area contributed by atoms with Crippen molar-refractivity contribution in [3.63, 3.8) is 0 Å². The third-order valence-electron chi connectivity index (χ3n) is 4.51. The molecule has 2 N–H and O–H groups in total. The van der Waals surface area contributed by atoms with Gasteiger partial charge in [0.05, 0.1) is 6.54 Å². The Morgan fingerprint density at radius 2 is 2.07 bits per heavy atom. The zero-order valence-corrected chi connectivity index (χ0v) is 19.5. The molecule has 9 heteroatoms. The molecule has 1 saturated heterocycles. The normalized spacial score (nSPS) is 17.5. The number of rotatable bonds is 7. The Hall–Kier alpha value is -0.320. The summed E-state index contributed by atoms with van der Waals surface area (Å²) >= 11 is 7.85. The molecule has 0 amide bonds. The third kappa shape index (κ3) is 8.70. The van der Waals surface area contributed by atoms with Gasteiger partial charge >= 0.3 is 0 Å². The highest BCUT2D eigenvalue weighted by Crippen LogP contribution is 2.27. The maximum Gasteiger partial charge on any atom is 0.251 e. The van der Waals surface area contributed by atoms with Crippen LogP contribution in [0.25, 0.3) is 0 Å². The molecule has 0 saturated carbocycles. The minimum Gasteiger partial charge on any atom is -0.355 e. The molecule has 0 bridgehead atoms. The summed E-state index contributed by atoms with van der Waals surface area (Å²) in [5, 5.41) is 7.78. The minimum absolute atomic E-state index is 0. The van der Waals surface area contributed by atoms with Gasteiger partial charge in [-0.3, -0.25) is 9.89 Å². The molecule has 1 atom stereocenters. The largest absolute Gasteiger partial charge is 0.355 e. The molecule has 27 heavy (non-hydrogen) atoms. The van der Waals surface area contributed by atoms with E-state index in [0.29, 0.717) is 13.1 Å². The van der Waals surface area contributed by atoms with Gasteiger partial charge in [0.1, 0.15) is 0 Å². The van der Waals surface area contributed by atoms with Crippen LogP contribution in [-0.2, 0) is 0 Å². The van der Waals surface area contributed by atoms with E-state index in [4.69, 9.17) is 11.6 Å². The molecule has 1 aliphatic heterocycles. The van der Waals surface area contributed by atoms with E-state index >= 15 is 0 Å². The van der Waals surface area contributed by atoms with E-state index in [1.54, 1.807) is 18.8 Å². The van der Waals surface area contributed by atoms with E-state index in [2.05, 4.69) is 27.9 Å². The lowest BCUT2D eigenvalue weighted by Gasteiger charge is -2.33. The van der Waals surface area contributed by atoms with Crippen LogP contribution < -0.4 is 10.6 Å². The Balaban J connectivity index is 0.00000364. The molecule has 154 valence electrons. The van der Waals surface area contributed by atoms with Gasteiger partial charge in [-0.1, -0.05) is 23.7 Å². The van der Waals surface area contributed by atoms with Gasteiger partial charge < -0.3 is 10.6 Å². The number of nitrogens with one attached hydrogen (secondary N) is 2. The number of benzene rings is 1. The zero-order valence-electron chi connectivity index (χ0n) is 15.6. The first-order chi connectivity index (χ1) is 12.5. The van der Waals surface area contributed by atoms with E-state index in [-0.39, 0.29) is 41.8 Å². The van der Waals surface area contributed by atoms with Crippen molar-refractivity contribution < 1.29 is 8.78 Å². The van der Waals surface area contributed by atoms with Crippen molar-refractivity contribution in [3.8, 4) is 0 Å². The smallest absolute Gasteiger partial charge is 0.251 e. The predicted molar refractivity (Wildman–Crippen MR) is 123 cm³/mol. The van der Waals surface area contributed by atoms with Gasteiger partial charge in [0.25, 0.3) is 6.43 Å². The summed E-state index contributed by atoms with van der Waals surface area (Å²) in [5.41, 5.74) is 1.17. The van der Waals surface area contributed by atoms with Crippen LogP contribution in [0.15, 0.2) is 29.3 Å². The average Bonchev–Trinajstić information content (AvgIpc) is 2.62. The highest BCUT2D eigenvalue weighted by atomic mass is 127. The van der Waals surface area contributed by atoms with Gasteiger partial charge in [-0.2, -0.15) is 11.8 Å². The Labute approximate surface area is 186 Å². The number of aliphatic imine (C=N–C) groups is 1. The van der Waals surface area contributed by atoms with E-state index in [9.17, 15) is 8.78 Å². The zero-order chi connectivity index (χ0) is 18.9. The van der Waals surface area contributed by atoms with Crippen LogP contribution >= 0.6 is 47.3 Å². The number of guanidine groups is 1. The molecule has 0 spiro atoms. The molecule has 1 aromatic rings. The molecule has 1 aromatic carbocycles. The van der Waals surface area contributed by atoms with Crippen molar-refractivity contribution in [1.29, 1.82) is 0 Å². The molecule has 1 unspecified atom stereocenters. The van der Waals surface area contributed by atoms with E-state index in [1.807, 2.05) is 23.1 Å². The number of hydrogen-bond donors (Lipinski definition) is 2. The number of nitrogens with zero attached hydrogens (tertiary/aromatic N) is 2. The van der Waals surface area contributed by atoms with E-state index in [0.717, 1.165) is 30.4 Å². The van der Waals surface area contributed by atoms with Crippen molar-refractivity contribution >= 4 is 53.3 Å². The van der Waals surface area contributed by atoms with Gasteiger partial charge in [0.2, 0.25) is 0 Å². The van der Waals surface area contributed by atoms with Gasteiger partial charge in [-0.05, 0) is 36.8 Å². The number of likely N-dealkylation sites (tertiary alicyclic amines) is 1. The van der Waals surface area contributed by atoms with Crippen LogP contribution in [0.1, 0.15) is 23.7 Å². The monoisotopic (exact) mass is 532 g/mol. The van der Waals surface area contributed by atoms with Crippen LogP contribution in [0, 0.1) is 0 Å². The predicted octanol–water partition coefficient (Wildman–Crippen LogP) is 4.26. The van der Waals surface area contributed by atoms with Crippen molar-refractivity contribution in [2.24, 2.45) is 4.99 Å². The summed E-state index contributed by atoms with van der Waals surface area (Å²) in [6, 6.07) is 8.15. The second-order valence-corrected chi connectivity index (χ2v) is 7.82. The quantitative estimate of drug-likeness (QED) is 0.313. The fourth-order valence-electron chi connectivity index (χ4n) is 3.08. The number of piperidine rings is 1. The molecule has 1 fully saturated rings. The standard InChI is InChI=1S/C18H27ClF2N4S.HI/c1-22-18(24-15-6-8-25(9-7-15)12-17(20)21)23-11-16(26-2)13-4-3-5-14(19)10-13;/h3-5,10,15-17H,6-9,11-12H2,1-2H3,(H2,22,23,24);1H. The SMILES string of the molecule is CN=C(NCC(SC)c1cccc(Cl)c1)NC1CCN(CC(F)F)CC1.I. The van der Waals surface area contributed by atoms with Gasteiger partial charge in [0.15, 0.2) is 5.96 Å². The maximum atomic E-state index is 12.5. The van der Waals surface area contributed by atoms with Crippen LogP contribution in [0.5, 0.6) is 0 Å². The summed E-state index contributed by atoms with van der Waals surface area (Å²) in [6.07, 6.45) is 1.49. The lowest BCUT2D eigenvalue weighted by Crippen LogP contribution is -2.49. The Morgan fingerprint density at radius 3 is 2.63 bits per heavy atom. The maximum absolute atomic E-state index is 12.5. The van der Waals surface area contributed by atoms with Crippen molar-refractivity contribution in [2.45, 2.75) is 30.6 Å². The average molecular weight is 533 g/mol. The third-order valence-corrected chi connectivity index (χ3v) is 5.75. The molecular weight excluding hydrogens is 505 g/mol. The van der Waals surface area contributed by atoms with Crippen LogP contribution in [0.3, 0.4) is 0 Å². The highest BCUT2D eigenvalue weighted by molar-refractivity contribution is 14.0. The number of alkyl halides is 2. The Bertz CT molecular complexity index is 586. The van der Waals surface area contributed by atoms with Gasteiger partial charge in [0, 0.05) is 43.0 Å². The van der Waals surface area contributed by atoms with Crippen LogP contribution in [0.4, 0.5) is 8.78 Å². The second kappa shape index (κ2) is 13.0. The minimum atomic E-state index is -2.26. The first-order valence-electron chi connectivity index (χ1n) is 8.77. The Kier molecular flexibility index (Phi) is 11.9. The fraction of sp³-hybridized carbons (Fsp3) is 0.611. The summed E-state index contributed by atoms with van der Waals surface area (Å²) in [7, 11) is 1.74. The fourth-order valence-corrected chi connectivity index (χ4v) is 3.94.